The zero-order chi connectivity index (χ0) is 14.0. The highest BCUT2D eigenvalue weighted by molar-refractivity contribution is 5.70. The Morgan fingerprint density at radius 2 is 1.63 bits per heavy atom. The first-order chi connectivity index (χ1) is 9.05. The fourth-order valence-corrected chi connectivity index (χ4v) is 1.87. The van der Waals surface area contributed by atoms with Crippen LogP contribution < -0.4 is 20.7 Å². The number of methoxy groups -OCH3 is 2. The molecule has 0 saturated carbocycles. The quantitative estimate of drug-likeness (QED) is 0.866. The Labute approximate surface area is 109 Å². The molecule has 2 N–H and O–H groups in total. The minimum atomic E-state index is -0.566. The van der Waals surface area contributed by atoms with Crippen LogP contribution in [0.15, 0.2) is 27.8 Å². The maximum Gasteiger partial charge on any atom is 0.326 e. The Morgan fingerprint density at radius 1 is 0.947 bits per heavy atom. The summed E-state index contributed by atoms with van der Waals surface area (Å²) < 4.78 is 10.5. The number of aromatic nitrogens is 2. The molecule has 0 saturated heterocycles. The Balaban J connectivity index is 2.72. The van der Waals surface area contributed by atoms with Gasteiger partial charge in [0.1, 0.15) is 11.5 Å². The number of ether oxygens (including phenoxy) is 2. The molecular weight excluding hydrogens is 248 g/mol. The molecule has 1 aromatic carbocycles. The van der Waals surface area contributed by atoms with Crippen molar-refractivity contribution in [3.63, 3.8) is 0 Å². The summed E-state index contributed by atoms with van der Waals surface area (Å²) in [6.45, 7) is 1.88. The lowest BCUT2D eigenvalue weighted by atomic mass is 10.1. The highest BCUT2D eigenvalue weighted by Gasteiger charge is 2.12. The lowest BCUT2D eigenvalue weighted by molar-refractivity contribution is 0.401. The van der Waals surface area contributed by atoms with Crippen LogP contribution in [0.25, 0.3) is 11.3 Å². The molecule has 2 aromatic rings. The van der Waals surface area contributed by atoms with E-state index in [1.807, 2.05) is 6.92 Å². The van der Waals surface area contributed by atoms with Gasteiger partial charge in [-0.2, -0.15) is 0 Å². The van der Waals surface area contributed by atoms with Crippen molar-refractivity contribution in [1.82, 2.24) is 9.97 Å². The van der Waals surface area contributed by atoms with Gasteiger partial charge in [0.25, 0.3) is 5.56 Å². The van der Waals surface area contributed by atoms with Gasteiger partial charge in [-0.05, 0) is 24.6 Å². The summed E-state index contributed by atoms with van der Waals surface area (Å²) in [5.74, 6) is 1.21. The average Bonchev–Trinajstić information content (AvgIpc) is 2.37. The van der Waals surface area contributed by atoms with E-state index in [-0.39, 0.29) is 0 Å². The Bertz CT molecular complexity index is 687. The zero-order valence-corrected chi connectivity index (χ0v) is 10.9. The van der Waals surface area contributed by atoms with Gasteiger partial charge in [-0.15, -0.1) is 0 Å². The minimum absolute atomic E-state index is 0.379. The summed E-state index contributed by atoms with van der Waals surface area (Å²) >= 11 is 0. The smallest absolute Gasteiger partial charge is 0.326 e. The van der Waals surface area contributed by atoms with Crippen molar-refractivity contribution in [3.05, 3.63) is 44.6 Å². The van der Waals surface area contributed by atoms with Crippen LogP contribution in [-0.2, 0) is 0 Å². The van der Waals surface area contributed by atoms with E-state index in [1.54, 1.807) is 19.2 Å². The third-order valence-electron chi connectivity index (χ3n) is 2.77. The first-order valence-electron chi connectivity index (χ1n) is 5.62. The van der Waals surface area contributed by atoms with Gasteiger partial charge in [0, 0.05) is 11.6 Å². The molecule has 19 heavy (non-hydrogen) atoms. The maximum atomic E-state index is 11.4. The van der Waals surface area contributed by atoms with Crippen LogP contribution in [0.4, 0.5) is 0 Å². The largest absolute Gasteiger partial charge is 0.496 e. The number of hydrogen-bond donors (Lipinski definition) is 2. The molecule has 0 unspecified atom stereocenters. The highest BCUT2D eigenvalue weighted by Crippen LogP contribution is 2.34. The van der Waals surface area contributed by atoms with Crippen LogP contribution in [0.3, 0.4) is 0 Å². The molecule has 0 aliphatic carbocycles. The molecule has 2 rings (SSSR count). The lowest BCUT2D eigenvalue weighted by Crippen LogP contribution is -2.21. The SMILES string of the molecule is COc1cc(-c2cc(=O)[nH]c(=O)[nH]2)c(OC)cc1C. The standard InChI is InChI=1S/C13H14N2O4/c1-7-4-11(19-3)8(5-10(7)18-2)9-6-12(16)15-13(17)14-9/h4-6H,1-3H3,(H2,14,15,16,17). The van der Waals surface area contributed by atoms with E-state index >= 15 is 0 Å². The van der Waals surface area contributed by atoms with Crippen LogP contribution in [0, 0.1) is 6.92 Å². The van der Waals surface area contributed by atoms with Crippen LogP contribution in [-0.4, -0.2) is 24.2 Å². The summed E-state index contributed by atoms with van der Waals surface area (Å²) in [5, 5.41) is 0. The van der Waals surface area contributed by atoms with E-state index in [1.165, 1.54) is 13.2 Å². The molecule has 0 aliphatic rings. The number of aryl methyl sites for hydroxylation is 1. The van der Waals surface area contributed by atoms with Crippen molar-refractivity contribution in [2.45, 2.75) is 6.92 Å². The normalized spacial score (nSPS) is 10.3. The van der Waals surface area contributed by atoms with E-state index < -0.39 is 11.2 Å². The van der Waals surface area contributed by atoms with Crippen LogP contribution in [0.2, 0.25) is 0 Å². The molecule has 1 aromatic heterocycles. The average molecular weight is 262 g/mol. The molecule has 0 atom stereocenters. The highest BCUT2D eigenvalue weighted by atomic mass is 16.5. The third-order valence-corrected chi connectivity index (χ3v) is 2.77. The van der Waals surface area contributed by atoms with E-state index in [9.17, 15) is 9.59 Å². The summed E-state index contributed by atoms with van der Waals surface area (Å²) in [4.78, 5) is 27.4. The van der Waals surface area contributed by atoms with E-state index in [0.29, 0.717) is 22.8 Å². The molecule has 100 valence electrons. The van der Waals surface area contributed by atoms with Crippen molar-refractivity contribution in [1.29, 1.82) is 0 Å². The first-order valence-corrected chi connectivity index (χ1v) is 5.62. The second-order valence-corrected chi connectivity index (χ2v) is 4.02. The van der Waals surface area contributed by atoms with Gasteiger partial charge in [-0.3, -0.25) is 9.78 Å². The number of aromatic amines is 2. The van der Waals surface area contributed by atoms with Gasteiger partial charge in [-0.1, -0.05) is 0 Å². The van der Waals surface area contributed by atoms with Gasteiger partial charge in [0.2, 0.25) is 0 Å². The molecule has 1 heterocycles. The second-order valence-electron chi connectivity index (χ2n) is 4.02. The van der Waals surface area contributed by atoms with Crippen molar-refractivity contribution >= 4 is 0 Å². The van der Waals surface area contributed by atoms with Crippen LogP contribution in [0.5, 0.6) is 11.5 Å². The molecule has 0 bridgehead atoms. The zero-order valence-electron chi connectivity index (χ0n) is 10.9. The van der Waals surface area contributed by atoms with Gasteiger partial charge in [-0.25, -0.2) is 4.79 Å². The number of nitrogens with one attached hydrogen (secondary N) is 2. The Morgan fingerprint density at radius 3 is 2.21 bits per heavy atom. The van der Waals surface area contributed by atoms with Crippen molar-refractivity contribution in [2.24, 2.45) is 0 Å². The molecule has 6 nitrogen and oxygen atoms in total. The number of hydrogen-bond acceptors (Lipinski definition) is 4. The van der Waals surface area contributed by atoms with Crippen molar-refractivity contribution in [2.75, 3.05) is 14.2 Å². The van der Waals surface area contributed by atoms with Gasteiger partial charge in [0.15, 0.2) is 0 Å². The fraction of sp³-hybridized carbons (Fsp3) is 0.231. The first kappa shape index (κ1) is 12.9. The fourth-order valence-electron chi connectivity index (χ4n) is 1.87. The van der Waals surface area contributed by atoms with Crippen LogP contribution >= 0.6 is 0 Å². The van der Waals surface area contributed by atoms with Gasteiger partial charge >= 0.3 is 5.69 Å². The molecule has 0 aliphatic heterocycles. The van der Waals surface area contributed by atoms with E-state index in [4.69, 9.17) is 9.47 Å². The molecule has 0 spiro atoms. The molecule has 6 heteroatoms. The van der Waals surface area contributed by atoms with Gasteiger partial charge in [0.05, 0.1) is 19.9 Å². The summed E-state index contributed by atoms with van der Waals surface area (Å²) in [6, 6.07) is 4.81. The molecule has 0 fully saturated rings. The van der Waals surface area contributed by atoms with E-state index in [0.717, 1.165) is 5.56 Å². The Hall–Kier alpha value is -2.50. The van der Waals surface area contributed by atoms with E-state index in [2.05, 4.69) is 9.97 Å². The summed E-state index contributed by atoms with van der Waals surface area (Å²) in [6.07, 6.45) is 0. The third kappa shape index (κ3) is 2.52. The molecule has 0 radical (unpaired) electrons. The minimum Gasteiger partial charge on any atom is -0.496 e. The molecular formula is C13H14N2O4. The summed E-state index contributed by atoms with van der Waals surface area (Å²) in [5.41, 5.74) is 0.830. The van der Waals surface area contributed by atoms with Crippen LogP contribution in [0.1, 0.15) is 5.56 Å². The molecule has 0 amide bonds. The number of H-pyrrole nitrogens is 2. The monoisotopic (exact) mass is 262 g/mol. The van der Waals surface area contributed by atoms with Crippen molar-refractivity contribution < 1.29 is 9.47 Å². The maximum absolute atomic E-state index is 11.4. The lowest BCUT2D eigenvalue weighted by Gasteiger charge is -2.12. The second kappa shape index (κ2) is 5.01. The number of rotatable bonds is 3. The predicted molar refractivity (Wildman–Crippen MR) is 71.0 cm³/mol. The number of benzene rings is 1. The van der Waals surface area contributed by atoms with Gasteiger partial charge < -0.3 is 14.5 Å². The predicted octanol–water partition coefficient (Wildman–Crippen LogP) is 1.06. The topological polar surface area (TPSA) is 84.2 Å². The Kier molecular flexibility index (Phi) is 3.41. The van der Waals surface area contributed by atoms with Crippen molar-refractivity contribution in [3.8, 4) is 22.8 Å². The summed E-state index contributed by atoms with van der Waals surface area (Å²) in [7, 11) is 3.08.